The van der Waals surface area contributed by atoms with Gasteiger partial charge in [-0.2, -0.15) is 0 Å². The monoisotopic (exact) mass is 266 g/mol. The van der Waals surface area contributed by atoms with Gasteiger partial charge in [-0.05, 0) is 12.1 Å². The molecule has 18 heavy (non-hydrogen) atoms. The molecule has 0 bridgehead atoms. The van der Waals surface area contributed by atoms with Crippen LogP contribution in [0.5, 0.6) is 0 Å². The molecule has 2 rings (SSSR count). The van der Waals surface area contributed by atoms with Gasteiger partial charge in [0, 0.05) is 37.9 Å². The molecule has 0 spiro atoms. The summed E-state index contributed by atoms with van der Waals surface area (Å²) in [5.41, 5.74) is 6.42. The summed E-state index contributed by atoms with van der Waals surface area (Å²) in [4.78, 5) is 7.00. The third kappa shape index (κ3) is 3.90. The van der Waals surface area contributed by atoms with Crippen molar-refractivity contribution < 1.29 is 4.74 Å². The molecule has 0 unspecified atom stereocenters. The second kappa shape index (κ2) is 6.63. The minimum Gasteiger partial charge on any atom is -0.389 e. The van der Waals surface area contributed by atoms with Gasteiger partial charge in [0.25, 0.3) is 0 Å². The zero-order valence-corrected chi connectivity index (χ0v) is 11.1. The minimum atomic E-state index is 0.397. The molecule has 1 aliphatic rings. The number of pyridine rings is 1. The fourth-order valence-electron chi connectivity index (χ4n) is 1.85. The first kappa shape index (κ1) is 13.2. The van der Waals surface area contributed by atoms with Gasteiger partial charge in [0.15, 0.2) is 0 Å². The quantitative estimate of drug-likeness (QED) is 0.755. The number of morpholine rings is 1. The van der Waals surface area contributed by atoms with E-state index in [4.69, 9.17) is 22.7 Å². The topological polar surface area (TPSA) is 63.4 Å². The number of ether oxygens (including phenoxy) is 1. The Balaban J connectivity index is 1.78. The Morgan fingerprint density at radius 3 is 3.00 bits per heavy atom. The molecule has 1 aromatic rings. The average Bonchev–Trinajstić information content (AvgIpc) is 2.40. The van der Waals surface area contributed by atoms with Crippen molar-refractivity contribution in [3.8, 4) is 0 Å². The van der Waals surface area contributed by atoms with E-state index in [0.717, 1.165) is 50.8 Å². The molecule has 1 aliphatic heterocycles. The highest BCUT2D eigenvalue weighted by Crippen LogP contribution is 2.06. The first-order valence-electron chi connectivity index (χ1n) is 6.05. The summed E-state index contributed by atoms with van der Waals surface area (Å²) in [6.45, 7) is 5.50. The van der Waals surface area contributed by atoms with Crippen LogP contribution in [0.2, 0.25) is 0 Å². The number of thiocarbonyl (C=S) groups is 1. The standard InChI is InChI=1S/C12H18N4OS/c13-12(18)10-1-2-14-11(9-10)15-3-4-16-5-7-17-8-6-16/h1-2,9H,3-8H2,(H2,13,18)(H,14,15). The number of rotatable bonds is 5. The number of nitrogens with zero attached hydrogens (tertiary/aromatic N) is 2. The molecule has 1 fully saturated rings. The average molecular weight is 266 g/mol. The highest BCUT2D eigenvalue weighted by Gasteiger charge is 2.09. The highest BCUT2D eigenvalue weighted by molar-refractivity contribution is 7.80. The smallest absolute Gasteiger partial charge is 0.126 e. The summed E-state index contributed by atoms with van der Waals surface area (Å²) in [6, 6.07) is 3.69. The molecule has 0 amide bonds. The summed E-state index contributed by atoms with van der Waals surface area (Å²) in [6.07, 6.45) is 1.71. The van der Waals surface area contributed by atoms with E-state index in [-0.39, 0.29) is 0 Å². The summed E-state index contributed by atoms with van der Waals surface area (Å²) < 4.78 is 5.30. The first-order chi connectivity index (χ1) is 8.75. The molecule has 1 saturated heterocycles. The molecule has 0 aromatic carbocycles. The largest absolute Gasteiger partial charge is 0.389 e. The van der Waals surface area contributed by atoms with Crippen LogP contribution in [0.1, 0.15) is 5.56 Å². The number of aromatic nitrogens is 1. The summed E-state index contributed by atoms with van der Waals surface area (Å²) >= 11 is 4.94. The van der Waals surface area contributed by atoms with Crippen LogP contribution in [-0.4, -0.2) is 54.3 Å². The van der Waals surface area contributed by atoms with Crippen molar-refractivity contribution in [1.82, 2.24) is 9.88 Å². The lowest BCUT2D eigenvalue weighted by atomic mass is 10.2. The number of anilines is 1. The van der Waals surface area contributed by atoms with Gasteiger partial charge in [-0.3, -0.25) is 4.90 Å². The van der Waals surface area contributed by atoms with Gasteiger partial charge in [-0.1, -0.05) is 12.2 Å². The predicted octanol–water partition coefficient (Wildman–Crippen LogP) is 0.460. The Labute approximate surface area is 112 Å². The van der Waals surface area contributed by atoms with Crippen molar-refractivity contribution in [3.63, 3.8) is 0 Å². The van der Waals surface area contributed by atoms with E-state index in [1.807, 2.05) is 12.1 Å². The minimum absolute atomic E-state index is 0.397. The van der Waals surface area contributed by atoms with E-state index in [1.165, 1.54) is 0 Å². The molecule has 2 heterocycles. The van der Waals surface area contributed by atoms with Crippen LogP contribution < -0.4 is 11.1 Å². The van der Waals surface area contributed by atoms with Crippen molar-refractivity contribution in [2.45, 2.75) is 0 Å². The van der Waals surface area contributed by atoms with Crippen LogP contribution in [0.15, 0.2) is 18.3 Å². The van der Waals surface area contributed by atoms with Gasteiger partial charge in [0.1, 0.15) is 10.8 Å². The maximum absolute atomic E-state index is 5.58. The van der Waals surface area contributed by atoms with Crippen molar-refractivity contribution in [2.24, 2.45) is 5.73 Å². The predicted molar refractivity (Wildman–Crippen MR) is 75.9 cm³/mol. The van der Waals surface area contributed by atoms with Crippen LogP contribution in [0.25, 0.3) is 0 Å². The third-order valence-electron chi connectivity index (χ3n) is 2.88. The number of nitrogens with two attached hydrogens (primary N) is 1. The van der Waals surface area contributed by atoms with E-state index in [0.29, 0.717) is 4.99 Å². The number of hydrogen-bond acceptors (Lipinski definition) is 5. The van der Waals surface area contributed by atoms with Gasteiger partial charge in [0.2, 0.25) is 0 Å². The zero-order chi connectivity index (χ0) is 12.8. The molecule has 1 aromatic heterocycles. The van der Waals surface area contributed by atoms with Crippen LogP contribution in [0, 0.1) is 0 Å². The van der Waals surface area contributed by atoms with E-state index in [1.54, 1.807) is 6.20 Å². The maximum atomic E-state index is 5.58. The molecule has 0 saturated carbocycles. The Morgan fingerprint density at radius 2 is 2.28 bits per heavy atom. The number of nitrogens with one attached hydrogen (secondary N) is 1. The van der Waals surface area contributed by atoms with E-state index in [2.05, 4.69) is 15.2 Å². The van der Waals surface area contributed by atoms with Crippen LogP contribution in [0.3, 0.4) is 0 Å². The molecule has 0 aliphatic carbocycles. The lowest BCUT2D eigenvalue weighted by Crippen LogP contribution is -2.39. The Bertz CT molecular complexity index is 407. The van der Waals surface area contributed by atoms with Crippen molar-refractivity contribution in [3.05, 3.63) is 23.9 Å². The second-order valence-corrected chi connectivity index (χ2v) is 4.61. The van der Waals surface area contributed by atoms with Gasteiger partial charge in [-0.15, -0.1) is 0 Å². The summed E-state index contributed by atoms with van der Waals surface area (Å²) in [5.74, 6) is 0.813. The third-order valence-corrected chi connectivity index (χ3v) is 3.12. The molecule has 6 heteroatoms. The van der Waals surface area contributed by atoms with Crippen molar-refractivity contribution >= 4 is 23.0 Å². The van der Waals surface area contributed by atoms with Crippen LogP contribution in [0.4, 0.5) is 5.82 Å². The lowest BCUT2D eigenvalue weighted by molar-refractivity contribution is 0.0398. The molecule has 0 radical (unpaired) electrons. The van der Waals surface area contributed by atoms with E-state index >= 15 is 0 Å². The SMILES string of the molecule is NC(=S)c1ccnc(NCCN2CCOCC2)c1. The highest BCUT2D eigenvalue weighted by atomic mass is 32.1. The van der Waals surface area contributed by atoms with Gasteiger partial charge in [0.05, 0.1) is 13.2 Å². The normalized spacial score (nSPS) is 16.4. The molecule has 0 atom stereocenters. The van der Waals surface area contributed by atoms with E-state index < -0.39 is 0 Å². The Kier molecular flexibility index (Phi) is 4.86. The molecular formula is C12H18N4OS. The van der Waals surface area contributed by atoms with Crippen LogP contribution >= 0.6 is 12.2 Å². The molecule has 98 valence electrons. The van der Waals surface area contributed by atoms with E-state index in [9.17, 15) is 0 Å². The molecular weight excluding hydrogens is 248 g/mol. The molecule has 5 nitrogen and oxygen atoms in total. The first-order valence-corrected chi connectivity index (χ1v) is 6.46. The zero-order valence-electron chi connectivity index (χ0n) is 10.3. The van der Waals surface area contributed by atoms with Crippen LogP contribution in [-0.2, 0) is 4.74 Å². The van der Waals surface area contributed by atoms with Gasteiger partial charge in [-0.25, -0.2) is 4.98 Å². The Hall–Kier alpha value is -1.24. The fourth-order valence-corrected chi connectivity index (χ4v) is 1.97. The maximum Gasteiger partial charge on any atom is 0.126 e. The Morgan fingerprint density at radius 1 is 1.50 bits per heavy atom. The number of hydrogen-bond donors (Lipinski definition) is 2. The lowest BCUT2D eigenvalue weighted by Gasteiger charge is -2.26. The van der Waals surface area contributed by atoms with Crippen molar-refractivity contribution in [1.29, 1.82) is 0 Å². The van der Waals surface area contributed by atoms with Crippen molar-refractivity contribution in [2.75, 3.05) is 44.7 Å². The fraction of sp³-hybridized carbons (Fsp3) is 0.500. The van der Waals surface area contributed by atoms with Gasteiger partial charge < -0.3 is 15.8 Å². The summed E-state index contributed by atoms with van der Waals surface area (Å²) in [7, 11) is 0. The van der Waals surface area contributed by atoms with Gasteiger partial charge >= 0.3 is 0 Å². The summed E-state index contributed by atoms with van der Waals surface area (Å²) in [5, 5.41) is 3.28. The second-order valence-electron chi connectivity index (χ2n) is 4.17. The molecule has 3 N–H and O–H groups in total.